The Bertz CT molecular complexity index is 642. The van der Waals surface area contributed by atoms with Gasteiger partial charge in [-0.1, -0.05) is 6.07 Å². The van der Waals surface area contributed by atoms with E-state index in [1.54, 1.807) is 18.2 Å². The van der Waals surface area contributed by atoms with Crippen molar-refractivity contribution in [1.29, 1.82) is 0 Å². The van der Waals surface area contributed by atoms with Crippen LogP contribution in [0.4, 0.5) is 0 Å². The maximum absolute atomic E-state index is 12.3. The zero-order valence-electron chi connectivity index (χ0n) is 11.2. The standard InChI is InChI=1S/C14H13IN2O4/c1-7(18)12-8(3-2-4-9(12)15)13(20)16-10-5-6-11(19)17-14(10)21/h2-4,10H,5-6H2,1H3,(H,16,20)(H,17,19,21). The number of imide groups is 1. The van der Waals surface area contributed by atoms with E-state index in [4.69, 9.17) is 0 Å². The molecule has 110 valence electrons. The van der Waals surface area contributed by atoms with Gasteiger partial charge in [-0.05, 0) is 48.1 Å². The molecule has 1 fully saturated rings. The number of amides is 3. The van der Waals surface area contributed by atoms with E-state index >= 15 is 0 Å². The summed E-state index contributed by atoms with van der Waals surface area (Å²) >= 11 is 1.99. The molecule has 0 aliphatic carbocycles. The van der Waals surface area contributed by atoms with Crippen molar-refractivity contribution < 1.29 is 19.2 Å². The Labute approximate surface area is 134 Å². The van der Waals surface area contributed by atoms with E-state index in [1.165, 1.54) is 6.92 Å². The second-order valence-electron chi connectivity index (χ2n) is 4.70. The van der Waals surface area contributed by atoms with Crippen molar-refractivity contribution in [3.63, 3.8) is 0 Å². The van der Waals surface area contributed by atoms with Gasteiger partial charge in [0.2, 0.25) is 11.8 Å². The lowest BCUT2D eigenvalue weighted by molar-refractivity contribution is -0.134. The summed E-state index contributed by atoms with van der Waals surface area (Å²) < 4.78 is 0.677. The molecule has 0 spiro atoms. The fourth-order valence-corrected chi connectivity index (χ4v) is 3.02. The summed E-state index contributed by atoms with van der Waals surface area (Å²) in [6.07, 6.45) is 0.443. The molecular formula is C14H13IN2O4. The van der Waals surface area contributed by atoms with E-state index in [2.05, 4.69) is 10.6 Å². The molecule has 1 aliphatic heterocycles. The number of Topliss-reactive ketones (excluding diaryl/α,β-unsaturated/α-hetero) is 1. The summed E-state index contributed by atoms with van der Waals surface area (Å²) in [6, 6.07) is 4.20. The molecule has 6 nitrogen and oxygen atoms in total. The lowest BCUT2D eigenvalue weighted by atomic mass is 10.0. The van der Waals surface area contributed by atoms with Crippen molar-refractivity contribution in [1.82, 2.24) is 10.6 Å². The fraction of sp³-hybridized carbons (Fsp3) is 0.286. The molecule has 1 aromatic carbocycles. The predicted molar refractivity (Wildman–Crippen MR) is 82.8 cm³/mol. The minimum absolute atomic E-state index is 0.183. The van der Waals surface area contributed by atoms with Crippen LogP contribution in [0.3, 0.4) is 0 Å². The zero-order chi connectivity index (χ0) is 15.6. The van der Waals surface area contributed by atoms with Crippen molar-refractivity contribution in [3.05, 3.63) is 32.9 Å². The Balaban J connectivity index is 2.22. The SMILES string of the molecule is CC(=O)c1c(I)cccc1C(=O)NC1CCC(=O)NC1=O. The molecule has 0 aromatic heterocycles. The van der Waals surface area contributed by atoms with E-state index in [0.717, 1.165) is 0 Å². The molecule has 0 radical (unpaired) electrons. The van der Waals surface area contributed by atoms with Crippen LogP contribution in [0.25, 0.3) is 0 Å². The van der Waals surface area contributed by atoms with E-state index in [-0.39, 0.29) is 30.1 Å². The van der Waals surface area contributed by atoms with Gasteiger partial charge in [0.1, 0.15) is 6.04 Å². The first-order chi connectivity index (χ1) is 9.90. The van der Waals surface area contributed by atoms with Gasteiger partial charge < -0.3 is 5.32 Å². The molecule has 0 bridgehead atoms. The molecule has 1 aliphatic rings. The number of halogens is 1. The molecule has 1 atom stereocenters. The summed E-state index contributed by atoms with van der Waals surface area (Å²) in [5.74, 6) is -1.57. The van der Waals surface area contributed by atoms with Crippen molar-refractivity contribution in [3.8, 4) is 0 Å². The van der Waals surface area contributed by atoms with Crippen molar-refractivity contribution in [2.75, 3.05) is 0 Å². The first kappa shape index (κ1) is 15.6. The molecule has 1 aromatic rings. The normalized spacial score (nSPS) is 18.1. The third-order valence-electron chi connectivity index (χ3n) is 3.15. The molecule has 0 saturated carbocycles. The molecule has 1 saturated heterocycles. The maximum atomic E-state index is 12.3. The van der Waals surface area contributed by atoms with Gasteiger partial charge >= 0.3 is 0 Å². The molecule has 1 unspecified atom stereocenters. The molecule has 7 heteroatoms. The van der Waals surface area contributed by atoms with Gasteiger partial charge in [-0.25, -0.2) is 0 Å². The number of carbonyl (C=O) groups excluding carboxylic acids is 4. The summed E-state index contributed by atoms with van der Waals surface area (Å²) in [5, 5.41) is 4.74. The minimum Gasteiger partial charge on any atom is -0.340 e. The van der Waals surface area contributed by atoms with Crippen LogP contribution in [-0.2, 0) is 9.59 Å². The largest absolute Gasteiger partial charge is 0.340 e. The average molecular weight is 400 g/mol. The highest BCUT2D eigenvalue weighted by Gasteiger charge is 2.29. The smallest absolute Gasteiger partial charge is 0.252 e. The van der Waals surface area contributed by atoms with Crippen LogP contribution in [0.5, 0.6) is 0 Å². The van der Waals surface area contributed by atoms with E-state index in [0.29, 0.717) is 9.13 Å². The van der Waals surface area contributed by atoms with Crippen LogP contribution in [0.15, 0.2) is 18.2 Å². The third-order valence-corrected chi connectivity index (χ3v) is 4.05. The van der Waals surface area contributed by atoms with Crippen molar-refractivity contribution >= 4 is 46.1 Å². The fourth-order valence-electron chi connectivity index (χ4n) is 2.14. The summed E-state index contributed by atoms with van der Waals surface area (Å²) in [6.45, 7) is 1.39. The van der Waals surface area contributed by atoms with E-state index < -0.39 is 17.9 Å². The quantitative estimate of drug-likeness (QED) is 0.451. The Morgan fingerprint density at radius 2 is 2.05 bits per heavy atom. The number of nitrogens with one attached hydrogen (secondary N) is 2. The second-order valence-corrected chi connectivity index (χ2v) is 5.86. The highest BCUT2D eigenvalue weighted by molar-refractivity contribution is 14.1. The number of piperidine rings is 1. The molecule has 2 rings (SSSR count). The minimum atomic E-state index is -0.757. The summed E-state index contributed by atoms with van der Waals surface area (Å²) in [4.78, 5) is 46.7. The zero-order valence-corrected chi connectivity index (χ0v) is 13.4. The highest BCUT2D eigenvalue weighted by Crippen LogP contribution is 2.18. The Morgan fingerprint density at radius 3 is 2.67 bits per heavy atom. The van der Waals surface area contributed by atoms with Crippen LogP contribution in [0, 0.1) is 3.57 Å². The first-order valence-electron chi connectivity index (χ1n) is 6.34. The molecule has 2 N–H and O–H groups in total. The van der Waals surface area contributed by atoms with Crippen molar-refractivity contribution in [2.45, 2.75) is 25.8 Å². The third kappa shape index (κ3) is 3.46. The maximum Gasteiger partial charge on any atom is 0.252 e. The molecule has 3 amide bonds. The van der Waals surface area contributed by atoms with Crippen molar-refractivity contribution in [2.24, 2.45) is 0 Å². The van der Waals surface area contributed by atoms with Gasteiger partial charge in [0.15, 0.2) is 5.78 Å². The lowest BCUT2D eigenvalue weighted by Gasteiger charge is -2.22. The topological polar surface area (TPSA) is 92.3 Å². The van der Waals surface area contributed by atoms with Gasteiger partial charge in [0, 0.05) is 15.6 Å². The predicted octanol–water partition coefficient (Wildman–Crippen LogP) is 1.03. The molecular weight excluding hydrogens is 387 g/mol. The van der Waals surface area contributed by atoms with Gasteiger partial charge in [0.05, 0.1) is 5.56 Å². The van der Waals surface area contributed by atoms with Crippen LogP contribution in [0.1, 0.15) is 40.5 Å². The van der Waals surface area contributed by atoms with E-state index in [1.807, 2.05) is 22.6 Å². The number of carbonyl (C=O) groups is 4. The highest BCUT2D eigenvalue weighted by atomic mass is 127. The Morgan fingerprint density at radius 1 is 1.33 bits per heavy atom. The number of hydrogen-bond donors (Lipinski definition) is 2. The number of hydrogen-bond acceptors (Lipinski definition) is 4. The number of rotatable bonds is 3. The summed E-state index contributed by atoms with van der Waals surface area (Å²) in [7, 11) is 0. The van der Waals surface area contributed by atoms with Crippen LogP contribution < -0.4 is 10.6 Å². The lowest BCUT2D eigenvalue weighted by Crippen LogP contribution is -2.52. The number of ketones is 1. The van der Waals surface area contributed by atoms with Gasteiger partial charge in [0.25, 0.3) is 5.91 Å². The Hall–Kier alpha value is -1.77. The first-order valence-corrected chi connectivity index (χ1v) is 7.42. The van der Waals surface area contributed by atoms with Crippen LogP contribution in [-0.4, -0.2) is 29.5 Å². The number of benzene rings is 1. The molecule has 1 heterocycles. The van der Waals surface area contributed by atoms with Gasteiger partial charge in [-0.15, -0.1) is 0 Å². The Kier molecular flexibility index (Phi) is 4.71. The molecule has 21 heavy (non-hydrogen) atoms. The summed E-state index contributed by atoms with van der Waals surface area (Å²) in [5.41, 5.74) is 0.571. The van der Waals surface area contributed by atoms with Crippen LogP contribution >= 0.6 is 22.6 Å². The van der Waals surface area contributed by atoms with Crippen LogP contribution in [0.2, 0.25) is 0 Å². The monoisotopic (exact) mass is 400 g/mol. The second kappa shape index (κ2) is 6.33. The van der Waals surface area contributed by atoms with E-state index in [9.17, 15) is 19.2 Å². The van der Waals surface area contributed by atoms with Gasteiger partial charge in [-0.3, -0.25) is 24.5 Å². The average Bonchev–Trinajstić information content (AvgIpc) is 2.41. The van der Waals surface area contributed by atoms with Gasteiger partial charge in [-0.2, -0.15) is 0 Å².